The second-order valence-corrected chi connectivity index (χ2v) is 11.5. The molecule has 1 spiro atoms. The Hall–Kier alpha value is -3.50. The number of nitrogens with one attached hydrogen (secondary N) is 1. The van der Waals surface area contributed by atoms with E-state index in [0.717, 1.165) is 18.0 Å². The van der Waals surface area contributed by atoms with Gasteiger partial charge in [0.15, 0.2) is 0 Å². The van der Waals surface area contributed by atoms with E-state index in [9.17, 15) is 40.7 Å². The zero-order valence-electron chi connectivity index (χ0n) is 22.7. The number of pyridine rings is 1. The SMILES string of the molecule is C=CCOC(=O)C1C(C(=O)N(C)c2cc(C(F)(F)F)cc(C(F)(F)F)n2)C2CC(F)(F)CN2C12C(=O)Nc1c(Cl)cc(Cl)cc12. The van der Waals surface area contributed by atoms with Crippen molar-refractivity contribution >= 4 is 52.5 Å². The van der Waals surface area contributed by atoms with Gasteiger partial charge >= 0.3 is 18.3 Å². The van der Waals surface area contributed by atoms with E-state index in [0.29, 0.717) is 4.90 Å². The van der Waals surface area contributed by atoms with Crippen LogP contribution in [0.25, 0.3) is 0 Å². The third-order valence-corrected chi connectivity index (χ3v) is 8.54. The van der Waals surface area contributed by atoms with Gasteiger partial charge in [0, 0.05) is 30.1 Å². The first-order valence-corrected chi connectivity index (χ1v) is 13.7. The van der Waals surface area contributed by atoms with E-state index in [1.165, 1.54) is 12.1 Å². The molecule has 2 fully saturated rings. The molecule has 3 aliphatic heterocycles. The van der Waals surface area contributed by atoms with Gasteiger partial charge in [0.05, 0.1) is 28.7 Å². The predicted octanol–water partition coefficient (Wildman–Crippen LogP) is 5.92. The van der Waals surface area contributed by atoms with Crippen LogP contribution < -0.4 is 10.2 Å². The molecule has 2 aromatic rings. The van der Waals surface area contributed by atoms with Gasteiger partial charge in [-0.25, -0.2) is 13.8 Å². The van der Waals surface area contributed by atoms with Crippen molar-refractivity contribution < 1.29 is 54.2 Å². The molecule has 2 amide bonds. The number of ether oxygens (including phenoxy) is 1. The molecule has 0 saturated carbocycles. The summed E-state index contributed by atoms with van der Waals surface area (Å²) >= 11 is 12.5. The topological polar surface area (TPSA) is 91.8 Å². The lowest BCUT2D eigenvalue weighted by molar-refractivity contribution is -0.158. The first-order chi connectivity index (χ1) is 20.7. The Morgan fingerprint density at radius 1 is 1.16 bits per heavy atom. The minimum Gasteiger partial charge on any atom is -0.461 e. The average molecular weight is 687 g/mol. The highest BCUT2D eigenvalue weighted by Gasteiger charge is 2.75. The van der Waals surface area contributed by atoms with Crippen LogP contribution in [0.15, 0.2) is 36.9 Å². The number of nitrogens with zero attached hydrogens (tertiary/aromatic N) is 3. The first kappa shape index (κ1) is 32.9. The molecule has 2 saturated heterocycles. The van der Waals surface area contributed by atoms with Gasteiger partial charge in [0.25, 0.3) is 11.8 Å². The van der Waals surface area contributed by atoms with E-state index in [-0.39, 0.29) is 33.4 Å². The van der Waals surface area contributed by atoms with Crippen molar-refractivity contribution in [1.29, 1.82) is 0 Å². The summed E-state index contributed by atoms with van der Waals surface area (Å²) in [6.45, 7) is 1.79. The lowest BCUT2D eigenvalue weighted by Crippen LogP contribution is -2.54. The Bertz CT molecular complexity index is 1590. The Morgan fingerprint density at radius 2 is 1.82 bits per heavy atom. The molecule has 4 atom stereocenters. The van der Waals surface area contributed by atoms with Crippen LogP contribution in [0.4, 0.5) is 46.6 Å². The fourth-order valence-corrected chi connectivity index (χ4v) is 6.87. The van der Waals surface area contributed by atoms with Crippen molar-refractivity contribution in [3.63, 3.8) is 0 Å². The third kappa shape index (κ3) is 5.29. The Kier molecular flexibility index (Phi) is 7.89. The molecule has 1 aromatic heterocycles. The number of fused-ring (bicyclic) bond motifs is 4. The molecule has 0 bridgehead atoms. The number of amides is 2. The Morgan fingerprint density at radius 3 is 2.42 bits per heavy atom. The molecule has 45 heavy (non-hydrogen) atoms. The average Bonchev–Trinajstić information content (AvgIpc) is 3.50. The lowest BCUT2D eigenvalue weighted by atomic mass is 9.73. The van der Waals surface area contributed by atoms with E-state index in [1.54, 1.807) is 0 Å². The lowest BCUT2D eigenvalue weighted by Gasteiger charge is -2.36. The number of aromatic nitrogens is 1. The number of alkyl halides is 8. The summed E-state index contributed by atoms with van der Waals surface area (Å²) in [5, 5.41) is 2.23. The summed E-state index contributed by atoms with van der Waals surface area (Å²) in [7, 11) is 0.774. The zero-order chi connectivity index (χ0) is 33.4. The minimum atomic E-state index is -5.37. The molecule has 4 heterocycles. The van der Waals surface area contributed by atoms with Crippen molar-refractivity contribution in [2.24, 2.45) is 11.8 Å². The third-order valence-electron chi connectivity index (χ3n) is 8.02. The first-order valence-electron chi connectivity index (χ1n) is 12.9. The molecule has 0 radical (unpaired) electrons. The fraction of sp³-hybridized carbons (Fsp3) is 0.407. The van der Waals surface area contributed by atoms with Crippen LogP contribution in [0.2, 0.25) is 10.0 Å². The number of rotatable bonds is 5. The Labute approximate surface area is 258 Å². The van der Waals surface area contributed by atoms with E-state index in [4.69, 9.17) is 27.9 Å². The predicted molar refractivity (Wildman–Crippen MR) is 143 cm³/mol. The van der Waals surface area contributed by atoms with E-state index < -0.39 is 96.1 Å². The van der Waals surface area contributed by atoms with Crippen molar-refractivity contribution in [2.75, 3.05) is 30.4 Å². The van der Waals surface area contributed by atoms with Crippen LogP contribution in [0.1, 0.15) is 23.2 Å². The number of carbonyl (C=O) groups is 3. The summed E-state index contributed by atoms with van der Waals surface area (Å²) in [5.74, 6) is -12.3. The highest BCUT2D eigenvalue weighted by Crippen LogP contribution is 2.61. The maximum atomic E-state index is 15.1. The second-order valence-electron chi connectivity index (χ2n) is 10.7. The van der Waals surface area contributed by atoms with Gasteiger partial charge in [0.1, 0.15) is 29.6 Å². The van der Waals surface area contributed by atoms with E-state index in [2.05, 4.69) is 16.9 Å². The number of hydrogen-bond donors (Lipinski definition) is 1. The number of carbonyl (C=O) groups excluding carboxylic acids is 3. The van der Waals surface area contributed by atoms with Gasteiger partial charge in [0.2, 0.25) is 5.91 Å². The highest BCUT2D eigenvalue weighted by molar-refractivity contribution is 6.38. The van der Waals surface area contributed by atoms with Gasteiger partial charge in [-0.05, 0) is 24.3 Å². The van der Waals surface area contributed by atoms with Gasteiger partial charge in [-0.15, -0.1) is 0 Å². The maximum Gasteiger partial charge on any atom is 0.433 e. The molecule has 4 unspecified atom stereocenters. The number of anilines is 2. The van der Waals surface area contributed by atoms with Crippen molar-refractivity contribution in [2.45, 2.75) is 36.3 Å². The second kappa shape index (κ2) is 10.8. The number of halogens is 10. The summed E-state index contributed by atoms with van der Waals surface area (Å²) in [5.41, 5.74) is -6.43. The molecule has 0 aliphatic carbocycles. The number of hydrogen-bond acceptors (Lipinski definition) is 6. The van der Waals surface area contributed by atoms with Crippen LogP contribution in [-0.4, -0.2) is 59.8 Å². The molecular formula is C27H20Cl2F8N4O4. The standard InChI is InChI=1S/C27H20Cl2F8N4O4/c1-3-4-45-22(43)19-18(21(42)40(2)17-6-11(26(32,33)34)5-16(38-17)27(35,36)37)15-9-24(30,31)10-41(15)25(19)13-7-12(28)8-14(29)20(13)39-23(25)44/h3,5-8,15,18-19H,1,4,9-10H2,2H3,(H,39,44). The largest absolute Gasteiger partial charge is 0.461 e. The molecule has 242 valence electrons. The maximum absolute atomic E-state index is 15.1. The van der Waals surface area contributed by atoms with Crippen LogP contribution in [0, 0.1) is 11.8 Å². The molecule has 5 rings (SSSR count). The number of benzene rings is 1. The van der Waals surface area contributed by atoms with Crippen molar-refractivity contribution in [3.05, 3.63) is 63.8 Å². The van der Waals surface area contributed by atoms with Gasteiger partial charge in [-0.3, -0.25) is 24.2 Å². The van der Waals surface area contributed by atoms with E-state index >= 15 is 8.78 Å². The number of esters is 1. The molecule has 1 N–H and O–H groups in total. The fourth-order valence-electron chi connectivity index (χ4n) is 6.33. The Balaban J connectivity index is 1.72. The van der Waals surface area contributed by atoms with Gasteiger partial charge < -0.3 is 10.1 Å². The molecule has 3 aliphatic rings. The summed E-state index contributed by atoms with van der Waals surface area (Å²) in [6.07, 6.45) is -10.6. The highest BCUT2D eigenvalue weighted by atomic mass is 35.5. The quantitative estimate of drug-likeness (QED) is 0.239. The van der Waals surface area contributed by atoms with Crippen LogP contribution in [0.5, 0.6) is 0 Å². The molecular weight excluding hydrogens is 667 g/mol. The molecule has 8 nitrogen and oxygen atoms in total. The van der Waals surface area contributed by atoms with Gasteiger partial charge in [-0.2, -0.15) is 26.3 Å². The zero-order valence-corrected chi connectivity index (χ0v) is 24.2. The van der Waals surface area contributed by atoms with Crippen LogP contribution in [-0.2, 0) is 37.0 Å². The summed E-state index contributed by atoms with van der Waals surface area (Å²) in [4.78, 5) is 46.1. The van der Waals surface area contributed by atoms with Crippen LogP contribution in [0.3, 0.4) is 0 Å². The normalized spacial score (nSPS) is 25.6. The molecule has 18 heteroatoms. The van der Waals surface area contributed by atoms with Crippen molar-refractivity contribution in [3.8, 4) is 0 Å². The van der Waals surface area contributed by atoms with Crippen LogP contribution >= 0.6 is 23.2 Å². The molecule has 1 aromatic carbocycles. The smallest absolute Gasteiger partial charge is 0.433 e. The van der Waals surface area contributed by atoms with Crippen molar-refractivity contribution in [1.82, 2.24) is 9.88 Å². The minimum absolute atomic E-state index is 0.0740. The van der Waals surface area contributed by atoms with E-state index in [1.807, 2.05) is 0 Å². The summed E-state index contributed by atoms with van der Waals surface area (Å²) in [6, 6.07) is 0.682. The van der Waals surface area contributed by atoms with Gasteiger partial charge in [-0.1, -0.05) is 35.9 Å². The summed E-state index contributed by atoms with van der Waals surface area (Å²) < 4.78 is 117. The monoisotopic (exact) mass is 686 g/mol.